The maximum absolute atomic E-state index is 13.1. The smallest absolute Gasteiger partial charge is 0.293 e. The lowest BCUT2D eigenvalue weighted by atomic mass is 10.1. The zero-order valence-corrected chi connectivity index (χ0v) is 17.9. The first-order chi connectivity index (χ1) is 15.1. The molecule has 9 heteroatoms. The largest absolute Gasteiger partial charge is 0.378 e. The van der Waals surface area contributed by atoms with E-state index in [1.807, 2.05) is 42.5 Å². The lowest BCUT2D eigenvalue weighted by Crippen LogP contribution is -2.36. The number of hydrogen-bond donors (Lipinski definition) is 2. The summed E-state index contributed by atoms with van der Waals surface area (Å²) in [4.78, 5) is 25.1. The highest BCUT2D eigenvalue weighted by atomic mass is 32.1. The number of morpholine rings is 1. The van der Waals surface area contributed by atoms with Crippen molar-refractivity contribution >= 4 is 44.7 Å². The molecule has 2 aromatic carbocycles. The fourth-order valence-electron chi connectivity index (χ4n) is 3.77. The highest BCUT2D eigenvalue weighted by Crippen LogP contribution is 2.31. The van der Waals surface area contributed by atoms with Crippen LogP contribution in [0.3, 0.4) is 0 Å². The molecule has 0 atom stereocenters. The minimum Gasteiger partial charge on any atom is -0.378 e. The Kier molecular flexibility index (Phi) is 5.05. The van der Waals surface area contributed by atoms with Crippen molar-refractivity contribution in [2.24, 2.45) is 7.05 Å². The molecule has 158 valence electrons. The Morgan fingerprint density at radius 3 is 2.74 bits per heavy atom. The van der Waals surface area contributed by atoms with Crippen LogP contribution in [0, 0.1) is 0 Å². The van der Waals surface area contributed by atoms with Gasteiger partial charge < -0.3 is 25.3 Å². The summed E-state index contributed by atoms with van der Waals surface area (Å²) in [6.45, 7) is 3.01. The molecule has 3 heterocycles. The maximum atomic E-state index is 13.1. The number of aromatic nitrogens is 3. The van der Waals surface area contributed by atoms with Gasteiger partial charge in [0.2, 0.25) is 0 Å². The summed E-state index contributed by atoms with van der Waals surface area (Å²) in [6.07, 6.45) is 1.74. The minimum absolute atomic E-state index is 0.190. The van der Waals surface area contributed by atoms with E-state index >= 15 is 0 Å². The van der Waals surface area contributed by atoms with Gasteiger partial charge >= 0.3 is 0 Å². The molecule has 0 aliphatic carbocycles. The molecule has 4 aromatic rings. The highest BCUT2D eigenvalue weighted by molar-refractivity contribution is 7.18. The average molecular weight is 435 g/mol. The Morgan fingerprint density at radius 1 is 1.16 bits per heavy atom. The molecule has 0 bridgehead atoms. The van der Waals surface area contributed by atoms with E-state index in [-0.39, 0.29) is 5.56 Å². The summed E-state index contributed by atoms with van der Waals surface area (Å²) in [5, 5.41) is 3.78. The molecule has 1 fully saturated rings. The molecule has 0 unspecified atom stereocenters. The fourth-order valence-corrected chi connectivity index (χ4v) is 4.45. The third kappa shape index (κ3) is 3.73. The molecule has 1 aliphatic heterocycles. The van der Waals surface area contributed by atoms with Crippen LogP contribution in [0.2, 0.25) is 0 Å². The molecular formula is C22H22N6O2S. The first-order valence-electron chi connectivity index (χ1n) is 10.0. The average Bonchev–Trinajstić information content (AvgIpc) is 3.24. The molecule has 31 heavy (non-hydrogen) atoms. The lowest BCUT2D eigenvalue weighted by Gasteiger charge is -2.30. The number of para-hydroxylation sites is 2. The first-order valence-corrected chi connectivity index (χ1v) is 10.8. The predicted octanol–water partition coefficient (Wildman–Crippen LogP) is 3.22. The Hall–Kier alpha value is -3.43. The van der Waals surface area contributed by atoms with Crippen LogP contribution in [0.1, 0.15) is 0 Å². The van der Waals surface area contributed by atoms with E-state index < -0.39 is 0 Å². The van der Waals surface area contributed by atoms with Crippen LogP contribution < -0.4 is 21.5 Å². The van der Waals surface area contributed by atoms with Crippen molar-refractivity contribution in [1.29, 1.82) is 0 Å². The molecular weight excluding hydrogens is 412 g/mol. The van der Waals surface area contributed by atoms with Gasteiger partial charge in [0.05, 0.1) is 40.5 Å². The quantitative estimate of drug-likeness (QED) is 0.509. The number of aryl methyl sites for hydroxylation is 1. The third-order valence-corrected chi connectivity index (χ3v) is 6.27. The minimum atomic E-state index is -0.190. The molecule has 3 N–H and O–H groups in total. The number of anilines is 4. The van der Waals surface area contributed by atoms with Gasteiger partial charge in [-0.15, -0.1) is 0 Å². The SMILES string of the molecule is Cn1c(=O)c(Nc2ccccc2N2CCOCC2)nc2ccc(-c3cnc(N)s3)cc21. The second kappa shape index (κ2) is 8.01. The number of nitrogens with two attached hydrogens (primary N) is 1. The van der Waals surface area contributed by atoms with E-state index in [9.17, 15) is 4.79 Å². The van der Waals surface area contributed by atoms with Gasteiger partial charge in [0, 0.05) is 26.3 Å². The van der Waals surface area contributed by atoms with Crippen LogP contribution in [0.5, 0.6) is 0 Å². The fraction of sp³-hybridized carbons (Fsp3) is 0.227. The normalized spacial score (nSPS) is 14.2. The summed E-state index contributed by atoms with van der Waals surface area (Å²) >= 11 is 1.41. The van der Waals surface area contributed by atoms with Gasteiger partial charge in [0.25, 0.3) is 5.56 Å². The van der Waals surface area contributed by atoms with E-state index in [4.69, 9.17) is 10.5 Å². The van der Waals surface area contributed by atoms with Crippen molar-refractivity contribution in [3.8, 4) is 10.4 Å². The van der Waals surface area contributed by atoms with Gasteiger partial charge in [0.1, 0.15) is 0 Å². The molecule has 0 amide bonds. The molecule has 1 saturated heterocycles. The van der Waals surface area contributed by atoms with E-state index in [0.29, 0.717) is 24.2 Å². The second-order valence-corrected chi connectivity index (χ2v) is 8.39. The van der Waals surface area contributed by atoms with Gasteiger partial charge in [-0.2, -0.15) is 0 Å². The Balaban J connectivity index is 1.53. The van der Waals surface area contributed by atoms with Crippen molar-refractivity contribution in [3.63, 3.8) is 0 Å². The van der Waals surface area contributed by atoms with E-state index in [0.717, 1.165) is 45.9 Å². The zero-order chi connectivity index (χ0) is 21.4. The standard InChI is InChI=1S/C22H22N6O2S/c1-27-18-12-14(19-13-24-22(23)31-19)6-7-16(18)26-20(21(27)29)25-15-4-2-3-5-17(15)28-8-10-30-11-9-28/h2-7,12-13H,8-11H2,1H3,(H2,23,24)(H,25,26). The van der Waals surface area contributed by atoms with Crippen LogP contribution >= 0.6 is 11.3 Å². The lowest BCUT2D eigenvalue weighted by molar-refractivity contribution is 0.123. The molecule has 0 radical (unpaired) electrons. The third-order valence-electron chi connectivity index (χ3n) is 5.39. The van der Waals surface area contributed by atoms with Crippen LogP contribution in [0.25, 0.3) is 21.5 Å². The number of ether oxygens (including phenoxy) is 1. The summed E-state index contributed by atoms with van der Waals surface area (Å²) in [5.41, 5.74) is 9.90. The second-order valence-electron chi connectivity index (χ2n) is 7.33. The number of hydrogen-bond acceptors (Lipinski definition) is 8. The van der Waals surface area contributed by atoms with Crippen LogP contribution in [0.15, 0.2) is 53.5 Å². The maximum Gasteiger partial charge on any atom is 0.293 e. The molecule has 2 aromatic heterocycles. The van der Waals surface area contributed by atoms with Gasteiger partial charge in [-0.3, -0.25) is 4.79 Å². The molecule has 0 spiro atoms. The van der Waals surface area contributed by atoms with Crippen molar-refractivity contribution in [2.45, 2.75) is 0 Å². The number of nitrogens with one attached hydrogen (secondary N) is 1. The highest BCUT2D eigenvalue weighted by Gasteiger charge is 2.17. The van der Waals surface area contributed by atoms with Crippen LogP contribution in [-0.4, -0.2) is 40.8 Å². The molecule has 8 nitrogen and oxygen atoms in total. The van der Waals surface area contributed by atoms with E-state index in [1.165, 1.54) is 11.3 Å². The number of nitrogen functional groups attached to an aromatic ring is 1. The Bertz CT molecular complexity index is 1310. The number of rotatable bonds is 4. The monoisotopic (exact) mass is 434 g/mol. The van der Waals surface area contributed by atoms with Crippen molar-refractivity contribution in [3.05, 3.63) is 59.0 Å². The topological polar surface area (TPSA) is 98.3 Å². The Labute approximate surface area is 182 Å². The van der Waals surface area contributed by atoms with Gasteiger partial charge in [-0.25, -0.2) is 9.97 Å². The Morgan fingerprint density at radius 2 is 1.97 bits per heavy atom. The summed E-state index contributed by atoms with van der Waals surface area (Å²) in [7, 11) is 1.76. The molecule has 0 saturated carbocycles. The van der Waals surface area contributed by atoms with Gasteiger partial charge in [0.15, 0.2) is 10.9 Å². The number of thiazole rings is 1. The predicted molar refractivity (Wildman–Crippen MR) is 125 cm³/mol. The molecule has 1 aliphatic rings. The first kappa shape index (κ1) is 19.5. The van der Waals surface area contributed by atoms with Gasteiger partial charge in [-0.1, -0.05) is 29.5 Å². The van der Waals surface area contributed by atoms with Gasteiger partial charge in [-0.05, 0) is 29.8 Å². The van der Waals surface area contributed by atoms with E-state index in [1.54, 1.807) is 17.8 Å². The number of benzene rings is 2. The van der Waals surface area contributed by atoms with E-state index in [2.05, 4.69) is 20.2 Å². The van der Waals surface area contributed by atoms with Crippen LogP contribution in [-0.2, 0) is 11.8 Å². The molecule has 5 rings (SSSR count). The van der Waals surface area contributed by atoms with Crippen molar-refractivity contribution in [1.82, 2.24) is 14.5 Å². The van der Waals surface area contributed by atoms with Crippen LogP contribution in [0.4, 0.5) is 22.3 Å². The summed E-state index contributed by atoms with van der Waals surface area (Å²) < 4.78 is 7.09. The number of nitrogens with zero attached hydrogens (tertiary/aromatic N) is 4. The van der Waals surface area contributed by atoms with Crippen molar-refractivity contribution < 1.29 is 4.74 Å². The number of fused-ring (bicyclic) bond motifs is 1. The zero-order valence-electron chi connectivity index (χ0n) is 17.0. The summed E-state index contributed by atoms with van der Waals surface area (Å²) in [6, 6.07) is 13.8. The summed E-state index contributed by atoms with van der Waals surface area (Å²) in [5.74, 6) is 0.297. The van der Waals surface area contributed by atoms with Crippen molar-refractivity contribution in [2.75, 3.05) is 42.3 Å².